The van der Waals surface area contributed by atoms with Gasteiger partial charge in [-0.25, -0.2) is 4.79 Å². The summed E-state index contributed by atoms with van der Waals surface area (Å²) in [6.45, 7) is 15.6. The molecule has 3 unspecified atom stereocenters. The van der Waals surface area contributed by atoms with Gasteiger partial charge in [-0.1, -0.05) is 76.3 Å². The number of ether oxygens (including phenoxy) is 2. The number of amides is 3. The summed E-state index contributed by atoms with van der Waals surface area (Å²) in [5.74, 6) is -1.34. The molecule has 0 fully saturated rings. The predicted octanol–water partition coefficient (Wildman–Crippen LogP) is 5.45. The molecule has 0 spiro atoms. The molecule has 0 aromatic heterocycles. The highest BCUT2D eigenvalue weighted by Gasteiger charge is 2.37. The molecule has 9 nitrogen and oxygen atoms in total. The Labute approximate surface area is 240 Å². The second kappa shape index (κ2) is 17.6. The summed E-state index contributed by atoms with van der Waals surface area (Å²) in [5, 5.41) is 5.62. The zero-order chi connectivity index (χ0) is 30.3. The minimum atomic E-state index is -0.941. The fraction of sp³-hybridized carbons (Fsp3) is 0.677. The molecule has 0 saturated carbocycles. The van der Waals surface area contributed by atoms with Gasteiger partial charge in [-0.3, -0.25) is 14.4 Å². The summed E-state index contributed by atoms with van der Waals surface area (Å²) in [6, 6.07) is 5.67. The standard InChI is InChI=1S/C31H51N3O6/c1-9-12-13-14-21-34(29(37)26(23(5)10-2)33-30(38)40-31(6,7)8)27(24-17-15-22(4)16-18-24)28(36)32-20-19-25(35)39-11-3/h15-18,23,26-27H,9-14,19-21H2,1-8H3,(H,32,36)(H,33,38). The van der Waals surface area contributed by atoms with Crippen molar-refractivity contribution in [1.29, 1.82) is 0 Å². The first-order valence-corrected chi connectivity index (χ1v) is 14.6. The van der Waals surface area contributed by atoms with Gasteiger partial charge in [0.25, 0.3) is 0 Å². The van der Waals surface area contributed by atoms with E-state index < -0.39 is 35.7 Å². The zero-order valence-corrected chi connectivity index (χ0v) is 25.8. The van der Waals surface area contributed by atoms with Crippen molar-refractivity contribution in [2.45, 2.75) is 112 Å². The lowest BCUT2D eigenvalue weighted by atomic mass is 9.95. The van der Waals surface area contributed by atoms with Gasteiger partial charge in [-0.15, -0.1) is 0 Å². The number of carbonyl (C=O) groups is 4. The van der Waals surface area contributed by atoms with Crippen molar-refractivity contribution < 1.29 is 28.7 Å². The van der Waals surface area contributed by atoms with Crippen LogP contribution in [0.4, 0.5) is 4.79 Å². The molecule has 0 heterocycles. The van der Waals surface area contributed by atoms with E-state index in [1.165, 1.54) is 0 Å². The van der Waals surface area contributed by atoms with Gasteiger partial charge in [-0.2, -0.15) is 0 Å². The van der Waals surface area contributed by atoms with Crippen LogP contribution < -0.4 is 10.6 Å². The number of aryl methyl sites for hydroxylation is 1. The van der Waals surface area contributed by atoms with Crippen molar-refractivity contribution in [3.05, 3.63) is 35.4 Å². The number of carbonyl (C=O) groups excluding carboxylic acids is 4. The zero-order valence-electron chi connectivity index (χ0n) is 25.8. The number of nitrogens with zero attached hydrogens (tertiary/aromatic N) is 1. The highest BCUT2D eigenvalue weighted by atomic mass is 16.6. The molecule has 0 radical (unpaired) electrons. The van der Waals surface area contributed by atoms with Gasteiger partial charge in [-0.05, 0) is 52.5 Å². The number of unbranched alkanes of at least 4 members (excludes halogenated alkanes) is 3. The Morgan fingerprint density at radius 1 is 0.975 bits per heavy atom. The molecule has 9 heteroatoms. The topological polar surface area (TPSA) is 114 Å². The second-order valence-electron chi connectivity index (χ2n) is 11.3. The van der Waals surface area contributed by atoms with Crippen LogP contribution >= 0.6 is 0 Å². The number of rotatable bonds is 16. The molecular formula is C31H51N3O6. The van der Waals surface area contributed by atoms with Crippen LogP contribution in [0.15, 0.2) is 24.3 Å². The van der Waals surface area contributed by atoms with Crippen LogP contribution in [0.25, 0.3) is 0 Å². The van der Waals surface area contributed by atoms with E-state index in [4.69, 9.17) is 9.47 Å². The first-order valence-electron chi connectivity index (χ1n) is 14.6. The van der Waals surface area contributed by atoms with Crippen molar-refractivity contribution in [2.24, 2.45) is 5.92 Å². The molecule has 1 aromatic rings. The summed E-state index contributed by atoms with van der Waals surface area (Å²) in [4.78, 5) is 54.2. The van der Waals surface area contributed by atoms with E-state index in [9.17, 15) is 19.2 Å². The molecular weight excluding hydrogens is 510 g/mol. The van der Waals surface area contributed by atoms with Crippen molar-refractivity contribution in [1.82, 2.24) is 15.5 Å². The van der Waals surface area contributed by atoms with Crippen LogP contribution in [0.2, 0.25) is 0 Å². The average molecular weight is 562 g/mol. The molecule has 3 amide bonds. The van der Waals surface area contributed by atoms with Crippen LogP contribution in [0.5, 0.6) is 0 Å². The molecule has 2 N–H and O–H groups in total. The Morgan fingerprint density at radius 2 is 1.62 bits per heavy atom. The third-order valence-electron chi connectivity index (χ3n) is 6.57. The second-order valence-corrected chi connectivity index (χ2v) is 11.3. The van der Waals surface area contributed by atoms with Crippen molar-refractivity contribution in [3.63, 3.8) is 0 Å². The highest BCUT2D eigenvalue weighted by Crippen LogP contribution is 2.26. The van der Waals surface area contributed by atoms with Crippen LogP contribution in [-0.2, 0) is 23.9 Å². The number of alkyl carbamates (subject to hydrolysis) is 1. The summed E-state index contributed by atoms with van der Waals surface area (Å²) in [7, 11) is 0. The summed E-state index contributed by atoms with van der Waals surface area (Å²) in [5.41, 5.74) is 0.953. The minimum Gasteiger partial charge on any atom is -0.466 e. The first kappa shape index (κ1) is 34.9. The number of nitrogens with one attached hydrogen (secondary N) is 2. The number of hydrogen-bond acceptors (Lipinski definition) is 6. The monoisotopic (exact) mass is 561 g/mol. The molecule has 0 bridgehead atoms. The van der Waals surface area contributed by atoms with Crippen LogP contribution in [0.1, 0.15) is 104 Å². The van der Waals surface area contributed by atoms with Crippen molar-refractivity contribution >= 4 is 23.9 Å². The van der Waals surface area contributed by atoms with Gasteiger partial charge in [0.1, 0.15) is 17.7 Å². The number of benzene rings is 1. The predicted molar refractivity (Wildman–Crippen MR) is 157 cm³/mol. The SMILES string of the molecule is CCCCCCN(C(=O)C(NC(=O)OC(C)(C)C)C(C)CC)C(C(=O)NCCC(=O)OCC)c1ccc(C)cc1. The third kappa shape index (κ3) is 12.4. The van der Waals surface area contributed by atoms with Gasteiger partial charge in [0.15, 0.2) is 0 Å². The maximum Gasteiger partial charge on any atom is 0.408 e. The van der Waals surface area contributed by atoms with Crippen LogP contribution in [0, 0.1) is 12.8 Å². The largest absolute Gasteiger partial charge is 0.466 e. The quantitative estimate of drug-likeness (QED) is 0.205. The smallest absolute Gasteiger partial charge is 0.408 e. The Kier molecular flexibility index (Phi) is 15.3. The highest BCUT2D eigenvalue weighted by molar-refractivity contribution is 5.92. The fourth-order valence-corrected chi connectivity index (χ4v) is 4.21. The van der Waals surface area contributed by atoms with E-state index in [2.05, 4.69) is 17.6 Å². The lowest BCUT2D eigenvalue weighted by Crippen LogP contribution is -2.55. The van der Waals surface area contributed by atoms with Crippen LogP contribution in [-0.4, -0.2) is 60.1 Å². The Morgan fingerprint density at radius 3 is 2.17 bits per heavy atom. The lowest BCUT2D eigenvalue weighted by molar-refractivity contribution is -0.145. The average Bonchev–Trinajstić information content (AvgIpc) is 2.88. The number of hydrogen-bond donors (Lipinski definition) is 2. The van der Waals surface area contributed by atoms with Gasteiger partial charge in [0.2, 0.25) is 11.8 Å². The molecule has 0 saturated heterocycles. The summed E-state index contributed by atoms with van der Waals surface area (Å²) >= 11 is 0. The maximum absolute atomic E-state index is 14.3. The summed E-state index contributed by atoms with van der Waals surface area (Å²) < 4.78 is 10.4. The van der Waals surface area contributed by atoms with Gasteiger partial charge >= 0.3 is 12.1 Å². The normalized spacial score (nSPS) is 13.5. The van der Waals surface area contributed by atoms with Gasteiger partial charge in [0, 0.05) is 13.1 Å². The van der Waals surface area contributed by atoms with Crippen molar-refractivity contribution in [3.8, 4) is 0 Å². The molecule has 0 aliphatic rings. The molecule has 40 heavy (non-hydrogen) atoms. The van der Waals surface area contributed by atoms with E-state index >= 15 is 0 Å². The molecule has 0 aliphatic heterocycles. The van der Waals surface area contributed by atoms with E-state index in [-0.39, 0.29) is 31.4 Å². The summed E-state index contributed by atoms with van der Waals surface area (Å²) in [6.07, 6.45) is 3.63. The molecule has 0 aliphatic carbocycles. The Bertz CT molecular complexity index is 941. The van der Waals surface area contributed by atoms with E-state index in [0.717, 1.165) is 24.8 Å². The lowest BCUT2D eigenvalue weighted by Gasteiger charge is -2.36. The number of esters is 1. The molecule has 1 rings (SSSR count). The first-order chi connectivity index (χ1) is 18.8. The molecule has 1 aromatic carbocycles. The minimum absolute atomic E-state index is 0.0281. The van der Waals surface area contributed by atoms with Gasteiger partial charge < -0.3 is 25.0 Å². The third-order valence-corrected chi connectivity index (χ3v) is 6.57. The molecule has 226 valence electrons. The fourth-order valence-electron chi connectivity index (χ4n) is 4.21. The maximum atomic E-state index is 14.3. The van der Waals surface area contributed by atoms with E-state index in [1.54, 1.807) is 32.6 Å². The van der Waals surface area contributed by atoms with Crippen LogP contribution in [0.3, 0.4) is 0 Å². The molecule has 3 atom stereocenters. The Hall–Kier alpha value is -3.10. The van der Waals surface area contributed by atoms with Gasteiger partial charge in [0.05, 0.1) is 13.0 Å². The Balaban J connectivity index is 3.44. The van der Waals surface area contributed by atoms with E-state index in [1.807, 2.05) is 45.0 Å². The van der Waals surface area contributed by atoms with E-state index in [0.29, 0.717) is 24.9 Å². The van der Waals surface area contributed by atoms with Crippen molar-refractivity contribution in [2.75, 3.05) is 19.7 Å².